The van der Waals surface area contributed by atoms with Crippen LogP contribution in [0.4, 0.5) is 0 Å². The van der Waals surface area contributed by atoms with Gasteiger partial charge in [0.25, 0.3) is 0 Å². The fourth-order valence-corrected chi connectivity index (χ4v) is 2.54. The molecule has 1 aliphatic carbocycles. The largest absolute Gasteiger partial charge is 0.238 e. The summed E-state index contributed by atoms with van der Waals surface area (Å²) < 4.78 is 22.5. The zero-order chi connectivity index (χ0) is 10.2. The lowest BCUT2D eigenvalue weighted by atomic mass is 9.97. The van der Waals surface area contributed by atoms with E-state index in [-0.39, 0.29) is 4.90 Å². The molecule has 0 bridgehead atoms. The Morgan fingerprint density at radius 2 is 1.86 bits per heavy atom. The van der Waals surface area contributed by atoms with Crippen molar-refractivity contribution in [2.24, 2.45) is 5.14 Å². The number of sulfonamides is 1. The van der Waals surface area contributed by atoms with Gasteiger partial charge in [-0.2, -0.15) is 0 Å². The van der Waals surface area contributed by atoms with Gasteiger partial charge in [-0.25, -0.2) is 13.6 Å². The first-order valence-corrected chi connectivity index (χ1v) is 5.92. The van der Waals surface area contributed by atoms with Crippen LogP contribution in [0.2, 0.25) is 0 Å². The van der Waals surface area contributed by atoms with Crippen molar-refractivity contribution in [2.75, 3.05) is 0 Å². The molecule has 0 saturated carbocycles. The Morgan fingerprint density at radius 3 is 2.57 bits per heavy atom. The zero-order valence-electron chi connectivity index (χ0n) is 7.60. The molecule has 1 aliphatic rings. The molecule has 0 atom stereocenters. The number of rotatable bonds is 1. The van der Waals surface area contributed by atoms with Crippen molar-refractivity contribution in [1.29, 1.82) is 0 Å². The standard InChI is InChI=1S/C10H11NO2S/c11-14(12,13)10-7-3-5-8-4-1-2-6-9(8)10/h1-3,5,7H,4,6H2,(H2,11,12,13). The lowest BCUT2D eigenvalue weighted by Crippen LogP contribution is -2.16. The van der Waals surface area contributed by atoms with Gasteiger partial charge in [-0.05, 0) is 30.0 Å². The zero-order valence-corrected chi connectivity index (χ0v) is 8.42. The lowest BCUT2D eigenvalue weighted by molar-refractivity contribution is 0.596. The van der Waals surface area contributed by atoms with Crippen molar-refractivity contribution >= 4 is 10.0 Å². The van der Waals surface area contributed by atoms with Crippen LogP contribution in [0.3, 0.4) is 0 Å². The molecule has 0 spiro atoms. The normalized spacial score (nSPS) is 15.2. The van der Waals surface area contributed by atoms with Gasteiger partial charge in [-0.3, -0.25) is 0 Å². The minimum absolute atomic E-state index is 0.263. The van der Waals surface area contributed by atoms with Gasteiger partial charge in [0.15, 0.2) is 0 Å². The summed E-state index contributed by atoms with van der Waals surface area (Å²) in [6, 6.07) is 5.23. The van der Waals surface area contributed by atoms with Crippen molar-refractivity contribution in [3.05, 3.63) is 41.5 Å². The number of hydrogen-bond donors (Lipinski definition) is 1. The molecule has 0 aliphatic heterocycles. The maximum absolute atomic E-state index is 11.3. The number of nitrogens with two attached hydrogens (primary N) is 1. The van der Waals surface area contributed by atoms with Crippen LogP contribution in [0.1, 0.15) is 11.1 Å². The molecule has 2 N–H and O–H groups in total. The van der Waals surface area contributed by atoms with Gasteiger partial charge >= 0.3 is 0 Å². The summed E-state index contributed by atoms with van der Waals surface area (Å²) in [7, 11) is -3.58. The maximum Gasteiger partial charge on any atom is 0.238 e. The van der Waals surface area contributed by atoms with Crippen LogP contribution in [0.5, 0.6) is 0 Å². The molecule has 4 heteroatoms. The monoisotopic (exact) mass is 209 g/mol. The topological polar surface area (TPSA) is 60.2 Å². The Morgan fingerprint density at radius 1 is 1.14 bits per heavy atom. The van der Waals surface area contributed by atoms with E-state index in [0.717, 1.165) is 17.5 Å². The Kier molecular flexibility index (Phi) is 2.17. The molecule has 14 heavy (non-hydrogen) atoms. The van der Waals surface area contributed by atoms with Gasteiger partial charge in [-0.15, -0.1) is 0 Å². The first kappa shape index (κ1) is 9.43. The average molecular weight is 209 g/mol. The summed E-state index contributed by atoms with van der Waals surface area (Å²) in [5.74, 6) is 0. The van der Waals surface area contributed by atoms with Crippen molar-refractivity contribution < 1.29 is 8.42 Å². The molecule has 0 aromatic heterocycles. The maximum atomic E-state index is 11.3. The number of fused-ring (bicyclic) bond motifs is 1. The van der Waals surface area contributed by atoms with Gasteiger partial charge in [-0.1, -0.05) is 24.3 Å². The van der Waals surface area contributed by atoms with Gasteiger partial charge in [0.05, 0.1) is 4.90 Å². The first-order valence-electron chi connectivity index (χ1n) is 4.37. The van der Waals surface area contributed by atoms with E-state index in [4.69, 9.17) is 5.14 Å². The molecule has 0 fully saturated rings. The van der Waals surface area contributed by atoms with E-state index in [9.17, 15) is 8.42 Å². The quantitative estimate of drug-likeness (QED) is 0.701. The number of primary sulfonamides is 1. The Bertz CT molecular complexity index is 489. The highest BCUT2D eigenvalue weighted by Crippen LogP contribution is 2.23. The van der Waals surface area contributed by atoms with Gasteiger partial charge < -0.3 is 0 Å². The SMILES string of the molecule is NS(=O)(=O)c1cccc2c1CC=CC2. The van der Waals surface area contributed by atoms with Crippen molar-refractivity contribution in [3.8, 4) is 0 Å². The second-order valence-electron chi connectivity index (χ2n) is 3.32. The Hall–Kier alpha value is -1.13. The minimum atomic E-state index is -3.58. The van der Waals surface area contributed by atoms with Crippen LogP contribution in [0, 0.1) is 0 Å². The summed E-state index contributed by atoms with van der Waals surface area (Å²) >= 11 is 0. The highest BCUT2D eigenvalue weighted by molar-refractivity contribution is 7.89. The molecule has 0 radical (unpaired) electrons. The molecule has 1 aromatic rings. The third-order valence-corrected chi connectivity index (χ3v) is 3.36. The highest BCUT2D eigenvalue weighted by Gasteiger charge is 2.16. The predicted molar refractivity (Wildman–Crippen MR) is 54.4 cm³/mol. The van der Waals surface area contributed by atoms with E-state index >= 15 is 0 Å². The second kappa shape index (κ2) is 3.22. The van der Waals surface area contributed by atoms with Crippen LogP contribution in [-0.4, -0.2) is 8.42 Å². The fraction of sp³-hybridized carbons (Fsp3) is 0.200. The summed E-state index contributed by atoms with van der Waals surface area (Å²) in [4.78, 5) is 0.263. The Labute approximate surface area is 83.3 Å². The molecule has 0 saturated heterocycles. The number of benzene rings is 1. The summed E-state index contributed by atoms with van der Waals surface area (Å²) in [5, 5.41) is 5.13. The van der Waals surface area contributed by atoms with Gasteiger partial charge in [0.2, 0.25) is 10.0 Å². The molecule has 0 amide bonds. The van der Waals surface area contributed by atoms with Crippen LogP contribution < -0.4 is 5.14 Å². The third kappa shape index (κ3) is 1.58. The number of allylic oxidation sites excluding steroid dienone is 2. The smallest absolute Gasteiger partial charge is 0.225 e. The van der Waals surface area contributed by atoms with Gasteiger partial charge in [0, 0.05) is 0 Å². The van der Waals surface area contributed by atoms with Crippen molar-refractivity contribution in [2.45, 2.75) is 17.7 Å². The molecule has 0 unspecified atom stereocenters. The van der Waals surface area contributed by atoms with E-state index in [1.165, 1.54) is 0 Å². The van der Waals surface area contributed by atoms with Crippen molar-refractivity contribution in [3.63, 3.8) is 0 Å². The van der Waals surface area contributed by atoms with Crippen LogP contribution in [0.25, 0.3) is 0 Å². The van der Waals surface area contributed by atoms with Gasteiger partial charge in [0.1, 0.15) is 0 Å². The molecule has 2 rings (SSSR count). The van der Waals surface area contributed by atoms with Crippen molar-refractivity contribution in [1.82, 2.24) is 0 Å². The van der Waals surface area contributed by atoms with E-state index in [1.54, 1.807) is 12.1 Å². The minimum Gasteiger partial charge on any atom is -0.225 e. The van der Waals surface area contributed by atoms with E-state index in [1.807, 2.05) is 18.2 Å². The lowest BCUT2D eigenvalue weighted by Gasteiger charge is -2.13. The summed E-state index contributed by atoms with van der Waals surface area (Å²) in [5.41, 5.74) is 1.90. The molecule has 3 nitrogen and oxygen atoms in total. The number of hydrogen-bond acceptors (Lipinski definition) is 2. The summed E-state index contributed by atoms with van der Waals surface area (Å²) in [6.07, 6.45) is 5.45. The van der Waals surface area contributed by atoms with E-state index < -0.39 is 10.0 Å². The molecule has 0 heterocycles. The average Bonchev–Trinajstić information content (AvgIpc) is 2.15. The van der Waals surface area contributed by atoms with E-state index in [0.29, 0.717) is 6.42 Å². The van der Waals surface area contributed by atoms with Crippen LogP contribution >= 0.6 is 0 Å². The molecule has 1 aromatic carbocycles. The molecule has 74 valence electrons. The molecular weight excluding hydrogens is 198 g/mol. The highest BCUT2D eigenvalue weighted by atomic mass is 32.2. The third-order valence-electron chi connectivity index (χ3n) is 2.36. The first-order chi connectivity index (χ1) is 6.59. The fourth-order valence-electron chi connectivity index (χ4n) is 1.71. The summed E-state index contributed by atoms with van der Waals surface area (Å²) in [6.45, 7) is 0. The van der Waals surface area contributed by atoms with Crippen LogP contribution in [0.15, 0.2) is 35.2 Å². The molecular formula is C10H11NO2S. The Balaban J connectivity index is 2.65. The van der Waals surface area contributed by atoms with E-state index in [2.05, 4.69) is 0 Å². The predicted octanol–water partition coefficient (Wildman–Crippen LogP) is 0.989. The van der Waals surface area contributed by atoms with Crippen LogP contribution in [-0.2, 0) is 22.9 Å². The second-order valence-corrected chi connectivity index (χ2v) is 4.85.